The predicted molar refractivity (Wildman–Crippen MR) is 129 cm³/mol. The van der Waals surface area contributed by atoms with Crippen LogP contribution in [0.15, 0.2) is 28.8 Å². The van der Waals surface area contributed by atoms with Gasteiger partial charge < -0.3 is 24.6 Å². The second kappa shape index (κ2) is 9.96. The number of nitrogens with one attached hydrogen (secondary N) is 2. The van der Waals surface area contributed by atoms with Crippen LogP contribution in [0.3, 0.4) is 0 Å². The van der Waals surface area contributed by atoms with Gasteiger partial charge in [0, 0.05) is 30.1 Å². The van der Waals surface area contributed by atoms with Crippen molar-refractivity contribution in [2.24, 2.45) is 11.8 Å². The van der Waals surface area contributed by atoms with Crippen molar-refractivity contribution in [3.05, 3.63) is 30.2 Å². The van der Waals surface area contributed by atoms with Crippen LogP contribution in [0.2, 0.25) is 0 Å². The number of piperidine rings is 1. The molecule has 2 aliphatic rings. The van der Waals surface area contributed by atoms with Crippen molar-refractivity contribution in [2.45, 2.75) is 57.7 Å². The highest BCUT2D eigenvalue weighted by Crippen LogP contribution is 2.35. The maximum atomic E-state index is 14.7. The fourth-order valence-electron chi connectivity index (χ4n) is 5.22. The molecule has 37 heavy (non-hydrogen) atoms. The topological polar surface area (TPSA) is 88.2 Å². The molecule has 12 heteroatoms. The lowest BCUT2D eigenvalue weighted by atomic mass is 9.76. The first-order valence-corrected chi connectivity index (χ1v) is 12.5. The second-order valence-electron chi connectivity index (χ2n) is 10.3. The largest absolute Gasteiger partial charge is 0.406 e. The third-order valence-corrected chi connectivity index (χ3v) is 7.22. The van der Waals surface area contributed by atoms with Crippen LogP contribution in [-0.2, 0) is 17.9 Å². The van der Waals surface area contributed by atoms with Crippen LogP contribution >= 0.6 is 0 Å². The average molecular weight is 523 g/mol. The zero-order valence-corrected chi connectivity index (χ0v) is 20.7. The maximum absolute atomic E-state index is 14.7. The first kappa shape index (κ1) is 25.5. The molecule has 8 nitrogen and oxygen atoms in total. The van der Waals surface area contributed by atoms with Gasteiger partial charge in [0.1, 0.15) is 12.7 Å². The molecule has 2 atom stereocenters. The van der Waals surface area contributed by atoms with E-state index in [0.29, 0.717) is 28.9 Å². The summed E-state index contributed by atoms with van der Waals surface area (Å²) in [6.07, 6.45) is -3.37. The zero-order chi connectivity index (χ0) is 26.3. The molecule has 2 fully saturated rings. The minimum atomic E-state index is -4.50. The van der Waals surface area contributed by atoms with Gasteiger partial charge in [-0.15, -0.1) is 0 Å². The summed E-state index contributed by atoms with van der Waals surface area (Å²) in [6.45, 7) is 1.83. The van der Waals surface area contributed by atoms with Crippen LogP contribution in [0.1, 0.15) is 32.1 Å². The molecule has 0 bridgehead atoms. The Morgan fingerprint density at radius 3 is 2.76 bits per heavy atom. The van der Waals surface area contributed by atoms with Gasteiger partial charge in [-0.05, 0) is 50.4 Å². The third kappa shape index (κ3) is 5.58. The summed E-state index contributed by atoms with van der Waals surface area (Å²) in [7, 11) is 1.85. The number of fused-ring (bicyclic) bond motifs is 1. The Hall–Kier alpha value is -3.15. The van der Waals surface area contributed by atoms with Crippen molar-refractivity contribution in [1.82, 2.24) is 24.9 Å². The molecule has 2 N–H and O–H groups in total. The number of aromatic nitrogens is 3. The van der Waals surface area contributed by atoms with Crippen LogP contribution in [-0.4, -0.2) is 64.0 Å². The van der Waals surface area contributed by atoms with Gasteiger partial charge in [0.25, 0.3) is 0 Å². The predicted octanol–water partition coefficient (Wildman–Crippen LogP) is 4.37. The van der Waals surface area contributed by atoms with Gasteiger partial charge in [-0.1, -0.05) is 18.1 Å². The quantitative estimate of drug-likeness (QED) is 0.448. The molecular weight excluding hydrogens is 492 g/mol. The number of likely N-dealkylation sites (tertiary alicyclic amines) is 1. The van der Waals surface area contributed by atoms with Crippen molar-refractivity contribution in [2.75, 3.05) is 25.5 Å². The van der Waals surface area contributed by atoms with Crippen LogP contribution in [0.5, 0.6) is 0 Å². The number of halogens is 4. The third-order valence-electron chi connectivity index (χ3n) is 7.22. The van der Waals surface area contributed by atoms with Crippen LogP contribution in [0.25, 0.3) is 22.4 Å². The van der Waals surface area contributed by atoms with E-state index in [2.05, 4.69) is 27.7 Å². The lowest BCUT2D eigenvalue weighted by molar-refractivity contribution is -0.139. The maximum Gasteiger partial charge on any atom is 0.406 e. The number of benzene rings is 1. The Labute approximate surface area is 211 Å². The number of carbonyl (C=O) groups excluding carboxylic acids is 1. The van der Waals surface area contributed by atoms with Crippen LogP contribution < -0.4 is 10.6 Å². The smallest absolute Gasteiger partial charge is 0.379 e. The molecule has 0 spiro atoms. The van der Waals surface area contributed by atoms with Gasteiger partial charge in [-0.25, -0.2) is 4.39 Å². The molecule has 0 unspecified atom stereocenters. The number of carbonyl (C=O) groups is 1. The lowest BCUT2D eigenvalue weighted by Crippen LogP contribution is -2.46. The van der Waals surface area contributed by atoms with Crippen molar-refractivity contribution >= 4 is 22.5 Å². The number of amides is 1. The molecule has 0 radical (unpaired) electrons. The monoisotopic (exact) mass is 522 g/mol. The summed E-state index contributed by atoms with van der Waals surface area (Å²) in [5.41, 5.74) is 0.984. The molecule has 3 heterocycles. The fraction of sp³-hybridized carbons (Fsp3) is 0.560. The standard InChI is InChI=1S/C25H30F4N6O2/c1-14-8-15(9-14)24(36)30-11-22-32-23(33-37-22)21-10-16-18(31-19-6-7-34(2)12-17(19)26)4-3-5-20(16)35(21)13-25(27,28)29/h3-5,10,14-15,17,19,31H,6-9,11-13H2,1-2H3,(H,30,36)/t14-,15-,17-,19+/m0/s1. The SMILES string of the molecule is CN1CC[C@@H](Nc2cccc3c2cc(-c2noc(CNC(=O)[C@H]4C[C@H](C)C4)n2)n3CC(F)(F)F)[C@@H](F)C1. The molecule has 1 aliphatic carbocycles. The molecule has 1 saturated carbocycles. The van der Waals surface area contributed by atoms with Gasteiger partial charge in [-0.2, -0.15) is 18.2 Å². The molecule has 1 amide bonds. The number of anilines is 1. The number of hydrogen-bond donors (Lipinski definition) is 2. The Morgan fingerprint density at radius 1 is 1.27 bits per heavy atom. The number of nitrogens with zero attached hydrogens (tertiary/aromatic N) is 4. The average Bonchev–Trinajstić information content (AvgIpc) is 3.41. The minimum absolute atomic E-state index is 0.00294. The molecule has 200 valence electrons. The van der Waals surface area contributed by atoms with E-state index >= 15 is 0 Å². The minimum Gasteiger partial charge on any atom is -0.379 e. The highest BCUT2D eigenvalue weighted by atomic mass is 19.4. The Bertz CT molecular complexity index is 1270. The highest BCUT2D eigenvalue weighted by molar-refractivity contribution is 5.96. The van der Waals surface area contributed by atoms with Crippen LogP contribution in [0.4, 0.5) is 23.2 Å². The number of hydrogen-bond acceptors (Lipinski definition) is 6. The molecule has 1 aliphatic heterocycles. The molecule has 1 aromatic carbocycles. The lowest BCUT2D eigenvalue weighted by Gasteiger charge is -2.33. The van der Waals surface area contributed by atoms with Gasteiger partial charge >= 0.3 is 6.18 Å². The first-order chi connectivity index (χ1) is 17.6. The van der Waals surface area contributed by atoms with E-state index in [9.17, 15) is 22.4 Å². The summed E-state index contributed by atoms with van der Waals surface area (Å²) in [6, 6.07) is 6.07. The second-order valence-corrected chi connectivity index (χ2v) is 10.3. The summed E-state index contributed by atoms with van der Waals surface area (Å²) in [5, 5.41) is 10.4. The number of alkyl halides is 4. The summed E-state index contributed by atoms with van der Waals surface area (Å²) in [5.74, 6) is 0.474. The zero-order valence-electron chi connectivity index (χ0n) is 20.7. The van der Waals surface area contributed by atoms with Gasteiger partial charge in [-0.3, -0.25) is 4.79 Å². The van der Waals surface area contributed by atoms with Gasteiger partial charge in [0.2, 0.25) is 17.6 Å². The normalized spacial score (nSPS) is 24.7. The first-order valence-electron chi connectivity index (χ1n) is 12.5. The Kier molecular flexibility index (Phi) is 6.86. The molecule has 3 aromatic rings. The van der Waals surface area contributed by atoms with Crippen molar-refractivity contribution in [3.63, 3.8) is 0 Å². The van der Waals surface area contributed by atoms with E-state index in [1.165, 1.54) is 0 Å². The van der Waals surface area contributed by atoms with Gasteiger partial charge in [0.05, 0.1) is 23.8 Å². The number of rotatable bonds is 7. The molecule has 5 rings (SSSR count). The highest BCUT2D eigenvalue weighted by Gasteiger charge is 2.33. The van der Waals surface area contributed by atoms with E-state index in [-0.39, 0.29) is 42.3 Å². The van der Waals surface area contributed by atoms with E-state index in [0.717, 1.165) is 24.0 Å². The van der Waals surface area contributed by atoms with E-state index in [1.807, 2.05) is 11.9 Å². The molecule has 2 aromatic heterocycles. The summed E-state index contributed by atoms with van der Waals surface area (Å²) in [4.78, 5) is 18.4. The van der Waals surface area contributed by atoms with Gasteiger partial charge in [0.15, 0.2) is 0 Å². The summed E-state index contributed by atoms with van der Waals surface area (Å²) < 4.78 is 61.7. The van der Waals surface area contributed by atoms with Crippen molar-refractivity contribution < 1.29 is 26.9 Å². The molecular formula is C25H30F4N6O2. The Balaban J connectivity index is 1.42. The van der Waals surface area contributed by atoms with E-state index < -0.39 is 24.9 Å². The van der Waals surface area contributed by atoms with E-state index in [4.69, 9.17) is 4.52 Å². The van der Waals surface area contributed by atoms with E-state index in [1.54, 1.807) is 24.3 Å². The summed E-state index contributed by atoms with van der Waals surface area (Å²) >= 11 is 0. The fourth-order valence-corrected chi connectivity index (χ4v) is 5.22. The Morgan fingerprint density at radius 2 is 2.05 bits per heavy atom. The molecule has 1 saturated heterocycles. The van der Waals surface area contributed by atoms with Crippen molar-refractivity contribution in [1.29, 1.82) is 0 Å². The van der Waals surface area contributed by atoms with Crippen molar-refractivity contribution in [3.8, 4) is 11.5 Å². The van der Waals surface area contributed by atoms with Crippen LogP contribution in [0, 0.1) is 11.8 Å².